The third-order valence-electron chi connectivity index (χ3n) is 3.61. The number of rotatable bonds is 3. The van der Waals surface area contributed by atoms with Gasteiger partial charge in [-0.2, -0.15) is 0 Å². The molecule has 0 bridgehead atoms. The van der Waals surface area contributed by atoms with Gasteiger partial charge in [0.1, 0.15) is 17.4 Å². The first-order chi connectivity index (χ1) is 9.45. The van der Waals surface area contributed by atoms with E-state index in [2.05, 4.69) is 9.98 Å². The van der Waals surface area contributed by atoms with Gasteiger partial charge in [0, 0.05) is 18.5 Å². The molecule has 0 aliphatic carbocycles. The lowest BCUT2D eigenvalue weighted by atomic mass is 9.71. The number of carbonyl (C=O) groups is 1. The highest BCUT2D eigenvalue weighted by Gasteiger charge is 2.47. The summed E-state index contributed by atoms with van der Waals surface area (Å²) >= 11 is 6.05. The molecular weight excluding hydrogens is 282 g/mol. The van der Waals surface area contributed by atoms with Gasteiger partial charge < -0.3 is 4.79 Å². The molecule has 2 atom stereocenters. The zero-order valence-electron chi connectivity index (χ0n) is 10.9. The molecule has 1 aliphatic heterocycles. The van der Waals surface area contributed by atoms with Crippen molar-refractivity contribution in [2.45, 2.75) is 25.3 Å². The third-order valence-corrected chi connectivity index (χ3v) is 3.99. The molecule has 0 spiro atoms. The molecule has 0 radical (unpaired) electrons. The molecule has 7 heteroatoms. The molecule has 0 aromatic carbocycles. The zero-order chi connectivity index (χ0) is 14.9. The number of aliphatic imine (C=N–C) groups is 1. The van der Waals surface area contributed by atoms with Crippen LogP contribution in [-0.2, 0) is 10.2 Å². The summed E-state index contributed by atoms with van der Waals surface area (Å²) in [6.07, 6.45) is 3.51. The summed E-state index contributed by atoms with van der Waals surface area (Å²) < 4.78 is 0. The topological polar surface area (TPSA) is 85.5 Å². The Morgan fingerprint density at radius 1 is 1.55 bits per heavy atom. The number of nitro groups is 1. The number of aldehydes is 1. The van der Waals surface area contributed by atoms with Crippen LogP contribution < -0.4 is 0 Å². The molecule has 0 N–H and O–H groups in total. The monoisotopic (exact) mass is 293 g/mol. The van der Waals surface area contributed by atoms with Crippen LogP contribution in [0.4, 0.5) is 5.69 Å². The van der Waals surface area contributed by atoms with Crippen LogP contribution in [-0.4, -0.2) is 28.4 Å². The smallest absolute Gasteiger partial charge is 0.292 e. The van der Waals surface area contributed by atoms with Gasteiger partial charge >= 0.3 is 0 Å². The van der Waals surface area contributed by atoms with Crippen molar-refractivity contribution in [3.63, 3.8) is 0 Å². The van der Waals surface area contributed by atoms with Crippen molar-refractivity contribution >= 4 is 29.8 Å². The van der Waals surface area contributed by atoms with Gasteiger partial charge in [-0.05, 0) is 25.5 Å². The lowest BCUT2D eigenvalue weighted by Gasteiger charge is -2.34. The number of allylic oxidation sites excluding steroid dienone is 1. The molecule has 6 nitrogen and oxygen atoms in total. The summed E-state index contributed by atoms with van der Waals surface area (Å²) in [4.78, 5) is 30.6. The van der Waals surface area contributed by atoms with Gasteiger partial charge in [-0.1, -0.05) is 11.6 Å². The SMILES string of the molecule is CC1=C(Cl)C=NC(C)C1(C=O)c1ncccc1[N+](=O)[O-]. The van der Waals surface area contributed by atoms with E-state index in [9.17, 15) is 14.9 Å². The minimum absolute atomic E-state index is 0.0694. The predicted molar refractivity (Wildman–Crippen MR) is 75.1 cm³/mol. The van der Waals surface area contributed by atoms with Crippen LogP contribution in [0.5, 0.6) is 0 Å². The Hall–Kier alpha value is -2.08. The highest BCUT2D eigenvalue weighted by molar-refractivity contribution is 6.40. The number of halogens is 1. The highest BCUT2D eigenvalue weighted by atomic mass is 35.5. The Balaban J connectivity index is 2.79. The second kappa shape index (κ2) is 5.13. The number of aromatic nitrogens is 1. The van der Waals surface area contributed by atoms with Crippen LogP contribution in [0.25, 0.3) is 0 Å². The van der Waals surface area contributed by atoms with E-state index in [1.54, 1.807) is 13.8 Å². The molecule has 1 aromatic rings. The Bertz CT molecular complexity index is 642. The fourth-order valence-corrected chi connectivity index (χ4v) is 2.60. The summed E-state index contributed by atoms with van der Waals surface area (Å²) in [5.74, 6) is 0. The molecule has 0 amide bonds. The van der Waals surface area contributed by atoms with Crippen LogP contribution in [0, 0.1) is 10.1 Å². The average molecular weight is 294 g/mol. The van der Waals surface area contributed by atoms with Gasteiger partial charge in [-0.3, -0.25) is 20.1 Å². The number of pyridine rings is 1. The zero-order valence-corrected chi connectivity index (χ0v) is 11.7. The normalized spacial score (nSPS) is 25.6. The molecule has 2 heterocycles. The number of hydrogen-bond donors (Lipinski definition) is 0. The number of dihydropyridines is 1. The molecular formula is C13H12ClN3O3. The Morgan fingerprint density at radius 2 is 2.25 bits per heavy atom. The van der Waals surface area contributed by atoms with Crippen LogP contribution in [0.2, 0.25) is 0 Å². The van der Waals surface area contributed by atoms with Gasteiger partial charge in [0.25, 0.3) is 5.69 Å². The molecule has 1 aromatic heterocycles. The van der Waals surface area contributed by atoms with E-state index in [1.807, 2.05) is 0 Å². The van der Waals surface area contributed by atoms with Gasteiger partial charge in [-0.15, -0.1) is 0 Å². The van der Waals surface area contributed by atoms with Crippen molar-refractivity contribution in [1.29, 1.82) is 0 Å². The van der Waals surface area contributed by atoms with Crippen molar-refractivity contribution in [2.75, 3.05) is 0 Å². The van der Waals surface area contributed by atoms with Crippen molar-refractivity contribution in [2.24, 2.45) is 4.99 Å². The van der Waals surface area contributed by atoms with Crippen molar-refractivity contribution in [3.05, 3.63) is 44.7 Å². The minimum Gasteiger partial charge on any atom is -0.302 e. The number of hydrogen-bond acceptors (Lipinski definition) is 5. The first-order valence-corrected chi connectivity index (χ1v) is 6.29. The maximum Gasteiger partial charge on any atom is 0.292 e. The summed E-state index contributed by atoms with van der Waals surface area (Å²) in [6.45, 7) is 3.37. The number of nitrogens with zero attached hydrogens (tertiary/aromatic N) is 3. The van der Waals surface area contributed by atoms with E-state index in [1.165, 1.54) is 24.5 Å². The highest BCUT2D eigenvalue weighted by Crippen LogP contribution is 2.42. The maximum atomic E-state index is 11.8. The molecule has 0 fully saturated rings. The lowest BCUT2D eigenvalue weighted by Crippen LogP contribution is -2.43. The summed E-state index contributed by atoms with van der Waals surface area (Å²) in [7, 11) is 0. The van der Waals surface area contributed by atoms with E-state index in [-0.39, 0.29) is 11.4 Å². The maximum absolute atomic E-state index is 11.8. The Labute approximate surface area is 120 Å². The third kappa shape index (κ3) is 1.92. The summed E-state index contributed by atoms with van der Waals surface area (Å²) in [5.41, 5.74) is -0.944. The van der Waals surface area contributed by atoms with E-state index in [4.69, 9.17) is 11.6 Å². The Morgan fingerprint density at radius 3 is 2.85 bits per heavy atom. The largest absolute Gasteiger partial charge is 0.302 e. The van der Waals surface area contributed by atoms with Gasteiger partial charge in [0.05, 0.1) is 16.0 Å². The van der Waals surface area contributed by atoms with E-state index >= 15 is 0 Å². The van der Waals surface area contributed by atoms with Crippen molar-refractivity contribution < 1.29 is 9.72 Å². The average Bonchev–Trinajstić information content (AvgIpc) is 2.45. The lowest BCUT2D eigenvalue weighted by molar-refractivity contribution is -0.386. The van der Waals surface area contributed by atoms with Crippen LogP contribution >= 0.6 is 11.6 Å². The van der Waals surface area contributed by atoms with Gasteiger partial charge in [0.2, 0.25) is 0 Å². The van der Waals surface area contributed by atoms with Gasteiger partial charge in [0.15, 0.2) is 0 Å². The first kappa shape index (κ1) is 14.3. The standard InChI is InChI=1S/C13H12ClN3O3/c1-8-10(14)6-16-9(2)13(8,7-18)12-11(17(19)20)4-3-5-15-12/h3-7,9H,1-2H3. The second-order valence-electron chi connectivity index (χ2n) is 4.54. The molecule has 1 aliphatic rings. The fourth-order valence-electron chi connectivity index (χ4n) is 2.38. The van der Waals surface area contributed by atoms with E-state index < -0.39 is 16.4 Å². The van der Waals surface area contributed by atoms with E-state index in [0.29, 0.717) is 16.9 Å². The predicted octanol–water partition coefficient (Wildman–Crippen LogP) is 2.41. The molecule has 20 heavy (non-hydrogen) atoms. The Kier molecular flexibility index (Phi) is 3.67. The molecule has 0 saturated heterocycles. The van der Waals surface area contributed by atoms with Crippen molar-refractivity contribution in [3.8, 4) is 0 Å². The van der Waals surface area contributed by atoms with Crippen molar-refractivity contribution in [1.82, 2.24) is 4.98 Å². The second-order valence-corrected chi connectivity index (χ2v) is 4.95. The quantitative estimate of drug-likeness (QED) is 0.486. The fraction of sp³-hybridized carbons (Fsp3) is 0.308. The van der Waals surface area contributed by atoms with E-state index in [0.717, 1.165) is 0 Å². The van der Waals surface area contributed by atoms with Crippen LogP contribution in [0.15, 0.2) is 33.9 Å². The van der Waals surface area contributed by atoms with Crippen LogP contribution in [0.3, 0.4) is 0 Å². The molecule has 0 saturated carbocycles. The van der Waals surface area contributed by atoms with Crippen LogP contribution in [0.1, 0.15) is 19.5 Å². The molecule has 2 rings (SSSR count). The molecule has 2 unspecified atom stereocenters. The minimum atomic E-state index is -1.31. The number of carbonyl (C=O) groups excluding carboxylic acids is 1. The van der Waals surface area contributed by atoms with Gasteiger partial charge in [-0.25, -0.2) is 0 Å². The summed E-state index contributed by atoms with van der Waals surface area (Å²) in [6, 6.07) is 2.26. The molecule has 104 valence electrons. The first-order valence-electron chi connectivity index (χ1n) is 5.91. The summed E-state index contributed by atoms with van der Waals surface area (Å²) in [5, 5.41) is 11.5.